The summed E-state index contributed by atoms with van der Waals surface area (Å²) >= 11 is 0. The van der Waals surface area contributed by atoms with E-state index >= 15 is 0 Å². The number of hydrogen-bond donors (Lipinski definition) is 1. The maximum Gasteiger partial charge on any atom is 0.307 e. The highest BCUT2D eigenvalue weighted by atomic mass is 16.7. The third-order valence-corrected chi connectivity index (χ3v) is 6.18. The summed E-state index contributed by atoms with van der Waals surface area (Å²) in [5.74, 6) is 0.659. The predicted molar refractivity (Wildman–Crippen MR) is 123 cm³/mol. The molecule has 2 aliphatic carbocycles. The number of ether oxygens (including phenoxy) is 1. The topological polar surface area (TPSA) is 115 Å². The Bertz CT molecular complexity index is 1230. The molecule has 0 amide bonds. The number of nitrogens with zero attached hydrogens (tertiary/aromatic N) is 3. The fraction of sp³-hybridized carbons (Fsp3) is 0.280. The predicted octanol–water partition coefficient (Wildman–Crippen LogP) is 4.28. The minimum Gasteiger partial charge on any atom is -0.497 e. The van der Waals surface area contributed by atoms with Crippen LogP contribution in [-0.4, -0.2) is 34.1 Å². The highest BCUT2D eigenvalue weighted by molar-refractivity contribution is 5.85. The normalized spacial score (nSPS) is 21.4. The number of aliphatic carboxylic acids is 1. The molecule has 3 aliphatic rings. The lowest BCUT2D eigenvalue weighted by molar-refractivity contribution is -0.384. The first kappa shape index (κ1) is 21.7. The number of benzene rings is 1. The second-order valence-electron chi connectivity index (χ2n) is 8.45. The minimum absolute atomic E-state index is 0.000429. The summed E-state index contributed by atoms with van der Waals surface area (Å²) < 4.78 is 6.15. The summed E-state index contributed by atoms with van der Waals surface area (Å²) in [7, 11) is 0. The molecule has 2 heterocycles. The van der Waals surface area contributed by atoms with Gasteiger partial charge in [0.15, 0.2) is 11.6 Å². The number of nitro groups is 1. The number of allylic oxidation sites excluding steroid dienone is 3. The summed E-state index contributed by atoms with van der Waals surface area (Å²) in [4.78, 5) is 32.8. The van der Waals surface area contributed by atoms with Crippen LogP contribution in [0.4, 0.5) is 11.5 Å². The first-order valence-electron chi connectivity index (χ1n) is 11.1. The van der Waals surface area contributed by atoms with E-state index in [1.54, 1.807) is 5.06 Å². The van der Waals surface area contributed by atoms with Crippen LogP contribution in [0.3, 0.4) is 0 Å². The van der Waals surface area contributed by atoms with Gasteiger partial charge in [0.25, 0.3) is 5.69 Å². The number of carbonyl (C=O) groups is 1. The number of pyridine rings is 1. The summed E-state index contributed by atoms with van der Waals surface area (Å²) in [6.45, 7) is 0.858. The molecule has 5 rings (SSSR count). The number of aromatic nitrogens is 1. The Morgan fingerprint density at radius 3 is 2.94 bits per heavy atom. The molecule has 1 N–H and O–H groups in total. The molecule has 1 aromatic heterocycles. The highest BCUT2D eigenvalue weighted by Gasteiger charge is 2.33. The van der Waals surface area contributed by atoms with Crippen molar-refractivity contribution in [2.24, 2.45) is 11.8 Å². The molecule has 34 heavy (non-hydrogen) atoms. The van der Waals surface area contributed by atoms with Crippen LogP contribution >= 0.6 is 0 Å². The van der Waals surface area contributed by atoms with Crippen molar-refractivity contribution < 1.29 is 24.4 Å². The minimum atomic E-state index is -0.876. The Kier molecular flexibility index (Phi) is 5.75. The lowest BCUT2D eigenvalue weighted by Crippen LogP contribution is -2.26. The Balaban J connectivity index is 1.51. The summed E-state index contributed by atoms with van der Waals surface area (Å²) in [5, 5.41) is 22.3. The lowest BCUT2D eigenvalue weighted by atomic mass is 9.83. The van der Waals surface area contributed by atoms with Crippen molar-refractivity contribution in [3.8, 4) is 0 Å². The number of carboxylic acid groups (broad SMARTS) is 1. The van der Waals surface area contributed by atoms with Crippen molar-refractivity contribution in [1.82, 2.24) is 4.98 Å². The van der Waals surface area contributed by atoms with Crippen molar-refractivity contribution in [2.75, 3.05) is 18.2 Å². The van der Waals surface area contributed by atoms with Gasteiger partial charge in [-0.2, -0.15) is 5.06 Å². The molecule has 0 spiro atoms. The molecule has 0 saturated heterocycles. The van der Waals surface area contributed by atoms with E-state index in [2.05, 4.69) is 4.98 Å². The van der Waals surface area contributed by atoms with Gasteiger partial charge in [-0.05, 0) is 35.1 Å². The monoisotopic (exact) mass is 461 g/mol. The van der Waals surface area contributed by atoms with E-state index in [-0.39, 0.29) is 23.9 Å². The van der Waals surface area contributed by atoms with E-state index in [4.69, 9.17) is 9.57 Å². The van der Waals surface area contributed by atoms with Crippen molar-refractivity contribution in [2.45, 2.75) is 19.3 Å². The number of carboxylic acids is 1. The summed E-state index contributed by atoms with van der Waals surface area (Å²) in [5.41, 5.74) is 2.74. The molecular formula is C25H23N3O6. The van der Waals surface area contributed by atoms with Crippen LogP contribution < -0.4 is 5.06 Å². The van der Waals surface area contributed by atoms with Crippen molar-refractivity contribution in [1.29, 1.82) is 0 Å². The molecule has 0 radical (unpaired) electrons. The van der Waals surface area contributed by atoms with Gasteiger partial charge < -0.3 is 14.7 Å². The molecule has 2 aromatic rings. The van der Waals surface area contributed by atoms with Gasteiger partial charge >= 0.3 is 5.97 Å². The summed E-state index contributed by atoms with van der Waals surface area (Å²) in [6, 6.07) is 10.6. The van der Waals surface area contributed by atoms with E-state index < -0.39 is 10.9 Å². The van der Waals surface area contributed by atoms with Gasteiger partial charge in [0.1, 0.15) is 5.76 Å². The molecule has 0 saturated carbocycles. The highest BCUT2D eigenvalue weighted by Crippen LogP contribution is 2.41. The van der Waals surface area contributed by atoms with Crippen LogP contribution in [0.25, 0.3) is 5.57 Å². The van der Waals surface area contributed by atoms with Gasteiger partial charge in [0.05, 0.1) is 30.6 Å². The molecule has 0 fully saturated rings. The van der Waals surface area contributed by atoms with Crippen LogP contribution in [0.2, 0.25) is 0 Å². The Labute approximate surface area is 195 Å². The second kappa shape index (κ2) is 9.01. The maximum absolute atomic E-state index is 11.6. The third kappa shape index (κ3) is 4.36. The first-order valence-corrected chi connectivity index (χ1v) is 11.1. The molecular weight excluding hydrogens is 438 g/mol. The maximum atomic E-state index is 11.6. The average Bonchev–Trinajstić information content (AvgIpc) is 2.90. The Hall–Kier alpha value is -4.14. The van der Waals surface area contributed by atoms with Gasteiger partial charge in [0.2, 0.25) is 0 Å². The van der Waals surface area contributed by atoms with E-state index in [0.717, 1.165) is 22.5 Å². The molecule has 1 aromatic carbocycles. The largest absolute Gasteiger partial charge is 0.497 e. The van der Waals surface area contributed by atoms with Gasteiger partial charge in [0, 0.05) is 30.7 Å². The van der Waals surface area contributed by atoms with E-state index in [9.17, 15) is 20.0 Å². The average molecular weight is 461 g/mol. The number of anilines is 1. The molecule has 9 nitrogen and oxygen atoms in total. The molecule has 2 atom stereocenters. The smallest absolute Gasteiger partial charge is 0.307 e. The van der Waals surface area contributed by atoms with Crippen LogP contribution in [0, 0.1) is 22.0 Å². The van der Waals surface area contributed by atoms with Gasteiger partial charge in [-0.25, -0.2) is 4.98 Å². The zero-order chi connectivity index (χ0) is 23.7. The fourth-order valence-corrected chi connectivity index (χ4v) is 4.68. The van der Waals surface area contributed by atoms with Crippen LogP contribution in [0.15, 0.2) is 72.3 Å². The third-order valence-electron chi connectivity index (χ3n) is 6.18. The van der Waals surface area contributed by atoms with Crippen LogP contribution in [-0.2, 0) is 20.8 Å². The molecule has 1 aliphatic heterocycles. The zero-order valence-corrected chi connectivity index (χ0v) is 18.3. The van der Waals surface area contributed by atoms with E-state index in [1.165, 1.54) is 18.3 Å². The Morgan fingerprint density at radius 1 is 1.26 bits per heavy atom. The molecule has 9 heteroatoms. The van der Waals surface area contributed by atoms with Crippen LogP contribution in [0.1, 0.15) is 24.0 Å². The van der Waals surface area contributed by atoms with Gasteiger partial charge in [-0.3, -0.25) is 14.9 Å². The zero-order valence-electron chi connectivity index (χ0n) is 18.3. The Morgan fingerprint density at radius 2 is 2.12 bits per heavy atom. The van der Waals surface area contributed by atoms with Crippen molar-refractivity contribution >= 4 is 23.0 Å². The number of fused-ring (bicyclic) bond motifs is 4. The molecule has 2 unspecified atom stereocenters. The van der Waals surface area contributed by atoms with Gasteiger partial charge in [-0.1, -0.05) is 30.3 Å². The number of hydroxylamine groups is 1. The van der Waals surface area contributed by atoms with Gasteiger partial charge in [-0.15, -0.1) is 0 Å². The molecule has 174 valence electrons. The standard InChI is InChI=1S/C25H23N3O6/c29-25(30)13-18-12-22-17(10-16-4-1-2-5-21(16)18)11-20-15-23(22)33-9-3-8-27(34-20)24-14-19(28(31)32)6-7-26-24/h1-2,4-7,11-12,14-15,17,22H,3,8-10,13H2,(H,29,30). The van der Waals surface area contributed by atoms with Crippen molar-refractivity contribution in [3.05, 3.63) is 93.6 Å². The number of rotatable bonds is 4. The summed E-state index contributed by atoms with van der Waals surface area (Å²) in [6.07, 6.45) is 8.49. The first-order chi connectivity index (χ1) is 16.5. The van der Waals surface area contributed by atoms with E-state index in [0.29, 0.717) is 37.6 Å². The second-order valence-corrected chi connectivity index (χ2v) is 8.45. The van der Waals surface area contributed by atoms with Crippen molar-refractivity contribution in [3.63, 3.8) is 0 Å². The lowest BCUT2D eigenvalue weighted by Gasteiger charge is -2.29. The number of hydrogen-bond acceptors (Lipinski definition) is 7. The fourth-order valence-electron chi connectivity index (χ4n) is 4.68. The molecule has 2 bridgehead atoms. The SMILES string of the molecule is O=C(O)CC1=CC2C3=CC(=CC2Cc2ccccc21)ON(c1cc([N+](=O)[O-])ccn1)CCCO3. The quantitative estimate of drug-likeness (QED) is 0.530. The van der Waals surface area contributed by atoms with Crippen LogP contribution in [0.5, 0.6) is 0 Å². The van der Waals surface area contributed by atoms with E-state index in [1.807, 2.05) is 42.5 Å².